The molecule has 0 amide bonds. The molecule has 0 aromatic carbocycles. The summed E-state index contributed by atoms with van der Waals surface area (Å²) in [6, 6.07) is 0. The summed E-state index contributed by atoms with van der Waals surface area (Å²) in [6.45, 7) is 0. The summed E-state index contributed by atoms with van der Waals surface area (Å²) in [7, 11) is 0. The highest BCUT2D eigenvalue weighted by atomic mass is 127. The fourth-order valence-electron chi connectivity index (χ4n) is 1.43. The van der Waals surface area contributed by atoms with Crippen LogP contribution < -0.4 is 0 Å². The molecule has 1 heterocycles. The van der Waals surface area contributed by atoms with Crippen molar-refractivity contribution >= 4 is 51.8 Å². The molecule has 1 aliphatic carbocycles. The van der Waals surface area contributed by atoms with Gasteiger partial charge in [0.1, 0.15) is 6.10 Å². The number of alkyl halides is 3. The smallest absolute Gasteiger partial charge is 0.309 e. The van der Waals surface area contributed by atoms with Crippen LogP contribution in [0.3, 0.4) is 0 Å². The zero-order valence-electron chi connectivity index (χ0n) is 5.39. The third-order valence-corrected chi connectivity index (χ3v) is 3.14. The summed E-state index contributed by atoms with van der Waals surface area (Å²) in [6.07, 6.45) is 0.595. The van der Waals surface area contributed by atoms with E-state index < -0.39 is 2.34 Å². The lowest BCUT2D eigenvalue weighted by Crippen LogP contribution is -2.28. The van der Waals surface area contributed by atoms with Crippen molar-refractivity contribution in [2.45, 2.75) is 14.9 Å². The van der Waals surface area contributed by atoms with Crippen molar-refractivity contribution in [3.63, 3.8) is 0 Å². The van der Waals surface area contributed by atoms with Gasteiger partial charge < -0.3 is 4.74 Å². The van der Waals surface area contributed by atoms with E-state index >= 15 is 0 Å². The molecule has 3 unspecified atom stereocenters. The molecule has 2 rings (SSSR count). The van der Waals surface area contributed by atoms with Crippen LogP contribution in [0.5, 0.6) is 0 Å². The van der Waals surface area contributed by atoms with Gasteiger partial charge in [0.25, 0.3) is 0 Å². The molecule has 2 aliphatic rings. The van der Waals surface area contributed by atoms with E-state index in [1.54, 1.807) is 0 Å². The Kier molecular flexibility index (Phi) is 1.82. The fourth-order valence-corrected chi connectivity index (χ4v) is 2.43. The molecular weight excluding hydrogens is 302 g/mol. The van der Waals surface area contributed by atoms with Gasteiger partial charge in [0, 0.05) is 5.92 Å². The number of carbonyl (C=O) groups excluding carboxylic acids is 1. The molecule has 1 saturated heterocycles. The molecule has 2 nitrogen and oxygen atoms in total. The number of hydrogen-bond donors (Lipinski definition) is 0. The van der Waals surface area contributed by atoms with Crippen LogP contribution in [0.1, 0.15) is 6.42 Å². The second-order valence-electron chi connectivity index (χ2n) is 2.91. The van der Waals surface area contributed by atoms with Gasteiger partial charge >= 0.3 is 5.97 Å². The largest absolute Gasteiger partial charge is 0.458 e. The summed E-state index contributed by atoms with van der Waals surface area (Å²) in [5.74, 6) is 0.225. The Bertz CT molecular complexity index is 213. The highest BCUT2D eigenvalue weighted by molar-refractivity contribution is 14.1. The molecule has 5 heteroatoms. The van der Waals surface area contributed by atoms with Crippen molar-refractivity contribution in [2.75, 3.05) is 0 Å². The van der Waals surface area contributed by atoms with E-state index in [9.17, 15) is 4.79 Å². The molecule has 0 aromatic heterocycles. The molecule has 62 valence electrons. The molecular formula is C6H5Cl2IO2. The molecule has 0 spiro atoms. The SMILES string of the molecule is O=C1OC(C(Cl)(Cl)I)C2CC12. The lowest BCUT2D eigenvalue weighted by Gasteiger charge is -2.20. The molecule has 0 aromatic rings. The summed E-state index contributed by atoms with van der Waals surface area (Å²) in [5, 5.41) is 0. The van der Waals surface area contributed by atoms with E-state index in [1.165, 1.54) is 0 Å². The maximum atomic E-state index is 10.9. The minimum absolute atomic E-state index is 0.0895. The van der Waals surface area contributed by atoms with Crippen LogP contribution in [0.4, 0.5) is 0 Å². The van der Waals surface area contributed by atoms with E-state index in [1.807, 2.05) is 22.6 Å². The fraction of sp³-hybridized carbons (Fsp3) is 0.833. The second-order valence-corrected chi connectivity index (χ2v) is 7.27. The Morgan fingerprint density at radius 2 is 2.27 bits per heavy atom. The zero-order valence-corrected chi connectivity index (χ0v) is 9.06. The van der Waals surface area contributed by atoms with Crippen molar-refractivity contribution in [1.82, 2.24) is 0 Å². The maximum absolute atomic E-state index is 10.9. The van der Waals surface area contributed by atoms with E-state index in [4.69, 9.17) is 27.9 Å². The van der Waals surface area contributed by atoms with E-state index in [2.05, 4.69) is 0 Å². The van der Waals surface area contributed by atoms with Crippen molar-refractivity contribution in [2.24, 2.45) is 11.8 Å². The normalized spacial score (nSPS) is 41.7. The van der Waals surface area contributed by atoms with Crippen LogP contribution in [-0.2, 0) is 9.53 Å². The predicted molar refractivity (Wildman–Crippen MR) is 49.9 cm³/mol. The van der Waals surface area contributed by atoms with Crippen molar-refractivity contribution in [3.8, 4) is 0 Å². The molecule has 1 saturated carbocycles. The summed E-state index contributed by atoms with van der Waals surface area (Å²) < 4.78 is 4.02. The third-order valence-electron chi connectivity index (χ3n) is 2.10. The first-order valence-electron chi connectivity index (χ1n) is 3.27. The van der Waals surface area contributed by atoms with Crippen LogP contribution >= 0.6 is 45.8 Å². The highest BCUT2D eigenvalue weighted by Crippen LogP contribution is 2.56. The highest BCUT2D eigenvalue weighted by Gasteiger charge is 2.62. The molecule has 0 N–H and O–H groups in total. The van der Waals surface area contributed by atoms with Gasteiger partial charge in [-0.25, -0.2) is 0 Å². The van der Waals surface area contributed by atoms with Crippen LogP contribution in [0.25, 0.3) is 0 Å². The predicted octanol–water partition coefficient (Wildman–Crippen LogP) is 2.11. The monoisotopic (exact) mass is 306 g/mol. The lowest BCUT2D eigenvalue weighted by atomic mass is 10.2. The first kappa shape index (κ1) is 8.38. The van der Waals surface area contributed by atoms with Gasteiger partial charge in [-0.05, 0) is 29.0 Å². The Morgan fingerprint density at radius 3 is 2.45 bits per heavy atom. The Labute approximate surface area is 87.7 Å². The van der Waals surface area contributed by atoms with E-state index in [0.717, 1.165) is 6.42 Å². The minimum atomic E-state index is -0.955. The number of fused-ring (bicyclic) bond motifs is 1. The summed E-state index contributed by atoms with van der Waals surface area (Å²) in [4.78, 5) is 10.9. The molecule has 2 fully saturated rings. The molecule has 0 radical (unpaired) electrons. The van der Waals surface area contributed by atoms with Gasteiger partial charge in [0.15, 0.2) is 0 Å². The first-order chi connectivity index (χ1) is 5.00. The van der Waals surface area contributed by atoms with Gasteiger partial charge in [-0.2, -0.15) is 0 Å². The number of cyclic esters (lactones) is 1. The van der Waals surface area contributed by atoms with Crippen LogP contribution in [0, 0.1) is 11.8 Å². The summed E-state index contributed by atoms with van der Waals surface area (Å²) >= 11 is 13.5. The Morgan fingerprint density at radius 1 is 1.64 bits per heavy atom. The number of carbonyl (C=O) groups is 1. The molecule has 11 heavy (non-hydrogen) atoms. The van der Waals surface area contributed by atoms with Crippen molar-refractivity contribution in [3.05, 3.63) is 0 Å². The topological polar surface area (TPSA) is 26.3 Å². The first-order valence-corrected chi connectivity index (χ1v) is 5.11. The number of halogens is 3. The van der Waals surface area contributed by atoms with Gasteiger partial charge in [0.2, 0.25) is 2.34 Å². The van der Waals surface area contributed by atoms with Gasteiger partial charge in [0.05, 0.1) is 5.92 Å². The van der Waals surface area contributed by atoms with Gasteiger partial charge in [-0.1, -0.05) is 23.2 Å². The van der Waals surface area contributed by atoms with E-state index in [-0.39, 0.29) is 23.9 Å². The van der Waals surface area contributed by atoms with E-state index in [0.29, 0.717) is 0 Å². The van der Waals surface area contributed by atoms with Gasteiger partial charge in [-0.15, -0.1) is 0 Å². The lowest BCUT2D eigenvalue weighted by molar-refractivity contribution is -0.144. The number of rotatable bonds is 1. The Hall–Kier alpha value is 0.780. The number of esters is 1. The third kappa shape index (κ3) is 1.35. The average Bonchev–Trinajstić information content (AvgIpc) is 2.53. The van der Waals surface area contributed by atoms with Crippen LogP contribution in [-0.4, -0.2) is 14.4 Å². The number of ether oxygens (including phenoxy) is 1. The van der Waals surface area contributed by atoms with Crippen LogP contribution in [0.2, 0.25) is 0 Å². The standard InChI is InChI=1S/C6H5Cl2IO2/c7-6(8,9)4-2-1-3(2)5(10)11-4/h2-4H,1H2. The average molecular weight is 307 g/mol. The van der Waals surface area contributed by atoms with Gasteiger partial charge in [-0.3, -0.25) is 4.79 Å². The van der Waals surface area contributed by atoms with Crippen LogP contribution in [0.15, 0.2) is 0 Å². The quantitative estimate of drug-likeness (QED) is 0.421. The zero-order chi connectivity index (χ0) is 8.22. The Balaban J connectivity index is 2.13. The minimum Gasteiger partial charge on any atom is -0.458 e. The maximum Gasteiger partial charge on any atom is 0.309 e. The van der Waals surface area contributed by atoms with Crippen molar-refractivity contribution in [1.29, 1.82) is 0 Å². The second kappa shape index (κ2) is 2.39. The van der Waals surface area contributed by atoms with Crippen molar-refractivity contribution < 1.29 is 9.53 Å². The molecule has 0 bridgehead atoms. The number of hydrogen-bond acceptors (Lipinski definition) is 2. The summed E-state index contributed by atoms with van der Waals surface area (Å²) in [5.41, 5.74) is 0. The molecule has 1 aliphatic heterocycles. The molecule has 3 atom stereocenters.